The van der Waals surface area contributed by atoms with Gasteiger partial charge in [0.1, 0.15) is 0 Å². The molecule has 114 valence electrons. The third-order valence-corrected chi connectivity index (χ3v) is 4.01. The van der Waals surface area contributed by atoms with Crippen LogP contribution in [0, 0.1) is 22.9 Å². The van der Waals surface area contributed by atoms with Crippen LogP contribution in [0.1, 0.15) is 38.7 Å². The fraction of sp³-hybridized carbons (Fsp3) is 0.600. The summed E-state index contributed by atoms with van der Waals surface area (Å²) in [7, 11) is 0. The van der Waals surface area contributed by atoms with E-state index in [0.29, 0.717) is 18.5 Å². The van der Waals surface area contributed by atoms with Crippen molar-refractivity contribution in [2.24, 2.45) is 5.41 Å². The highest BCUT2D eigenvalue weighted by molar-refractivity contribution is 5.19. The van der Waals surface area contributed by atoms with Crippen LogP contribution < -0.4 is 5.32 Å². The van der Waals surface area contributed by atoms with E-state index in [1.807, 2.05) is 0 Å². The average molecular weight is 289 g/mol. The summed E-state index contributed by atoms with van der Waals surface area (Å²) < 4.78 is 39.0. The molecule has 0 aliphatic carbocycles. The van der Waals surface area contributed by atoms with Gasteiger partial charge in [0.25, 0.3) is 0 Å². The van der Waals surface area contributed by atoms with Crippen molar-refractivity contribution in [1.29, 1.82) is 0 Å². The molecule has 0 saturated heterocycles. The first-order chi connectivity index (χ1) is 9.48. The van der Waals surface area contributed by atoms with Gasteiger partial charge in [0.15, 0.2) is 17.5 Å². The van der Waals surface area contributed by atoms with Crippen molar-refractivity contribution in [2.75, 3.05) is 13.2 Å². The van der Waals surface area contributed by atoms with Crippen molar-refractivity contribution in [1.82, 2.24) is 5.32 Å². The molecule has 0 aliphatic heterocycles. The molecule has 0 bridgehead atoms. The van der Waals surface area contributed by atoms with Crippen molar-refractivity contribution in [2.45, 2.75) is 39.7 Å². The molecule has 1 rings (SSSR count). The van der Waals surface area contributed by atoms with Crippen LogP contribution in [0.2, 0.25) is 0 Å². The third kappa shape index (κ3) is 4.21. The molecule has 1 aromatic rings. The van der Waals surface area contributed by atoms with Crippen molar-refractivity contribution in [3.8, 4) is 0 Å². The van der Waals surface area contributed by atoms with Gasteiger partial charge in [0.05, 0.1) is 0 Å². The van der Waals surface area contributed by atoms with Crippen LogP contribution in [0.25, 0.3) is 0 Å². The quantitative estimate of drug-likeness (QED) is 0.719. The number of aliphatic hydroxyl groups is 1. The zero-order valence-electron chi connectivity index (χ0n) is 12.0. The predicted molar refractivity (Wildman–Crippen MR) is 72.7 cm³/mol. The van der Waals surface area contributed by atoms with Gasteiger partial charge in [-0.3, -0.25) is 0 Å². The second-order valence-corrected chi connectivity index (χ2v) is 5.16. The number of rotatable bonds is 8. The fourth-order valence-corrected chi connectivity index (χ4v) is 2.36. The molecule has 0 spiro atoms. The monoisotopic (exact) mass is 289 g/mol. The maximum Gasteiger partial charge on any atom is 0.194 e. The van der Waals surface area contributed by atoms with Gasteiger partial charge >= 0.3 is 0 Å². The zero-order valence-corrected chi connectivity index (χ0v) is 12.0. The Hall–Kier alpha value is -1.07. The Balaban J connectivity index is 2.63. The number of benzene rings is 1. The molecule has 0 aromatic heterocycles. The summed E-state index contributed by atoms with van der Waals surface area (Å²) in [6.45, 7) is 5.13. The predicted octanol–water partition coefficient (Wildman–Crippen LogP) is 3.38. The minimum absolute atomic E-state index is 0.0220. The highest BCUT2D eigenvalue weighted by Crippen LogP contribution is 2.29. The van der Waals surface area contributed by atoms with E-state index in [4.69, 9.17) is 5.11 Å². The molecule has 2 N–H and O–H groups in total. The molecule has 0 atom stereocenters. The van der Waals surface area contributed by atoms with Crippen molar-refractivity contribution < 1.29 is 18.3 Å². The van der Waals surface area contributed by atoms with E-state index < -0.39 is 17.5 Å². The van der Waals surface area contributed by atoms with Crippen LogP contribution in [0.3, 0.4) is 0 Å². The van der Waals surface area contributed by atoms with E-state index in [0.717, 1.165) is 25.0 Å². The minimum Gasteiger partial charge on any atom is -0.396 e. The van der Waals surface area contributed by atoms with Crippen LogP contribution in [0.4, 0.5) is 13.2 Å². The number of hydrogen-bond donors (Lipinski definition) is 2. The number of halogens is 3. The molecule has 5 heteroatoms. The van der Waals surface area contributed by atoms with Crippen molar-refractivity contribution >= 4 is 0 Å². The van der Waals surface area contributed by atoms with E-state index >= 15 is 0 Å². The van der Waals surface area contributed by atoms with Gasteiger partial charge in [0, 0.05) is 19.7 Å². The van der Waals surface area contributed by atoms with Gasteiger partial charge in [-0.25, -0.2) is 13.2 Å². The van der Waals surface area contributed by atoms with E-state index in [1.165, 1.54) is 0 Å². The zero-order chi connectivity index (χ0) is 15.2. The Bertz CT molecular complexity index is 410. The molecule has 2 nitrogen and oxygen atoms in total. The average Bonchev–Trinajstić information content (AvgIpc) is 2.43. The van der Waals surface area contributed by atoms with Gasteiger partial charge in [-0.1, -0.05) is 13.8 Å². The molecular weight excluding hydrogens is 267 g/mol. The lowest BCUT2D eigenvalue weighted by Crippen LogP contribution is -2.34. The number of aliphatic hydroxyl groups excluding tert-OH is 1. The normalized spacial score (nSPS) is 11.9. The second kappa shape index (κ2) is 7.64. The molecule has 0 amide bonds. The van der Waals surface area contributed by atoms with Gasteiger partial charge in [-0.05, 0) is 42.4 Å². The summed E-state index contributed by atoms with van der Waals surface area (Å²) in [4.78, 5) is 0. The summed E-state index contributed by atoms with van der Waals surface area (Å²) in [5.74, 6) is -3.78. The molecule has 0 heterocycles. The highest BCUT2D eigenvalue weighted by atomic mass is 19.2. The molecular formula is C15H22F3NO. The first-order valence-corrected chi connectivity index (χ1v) is 6.93. The Morgan fingerprint density at radius 1 is 1.10 bits per heavy atom. The first kappa shape index (κ1) is 17.0. The van der Waals surface area contributed by atoms with E-state index in [1.54, 1.807) is 0 Å². The molecule has 0 fully saturated rings. The standard InChI is InChI=1S/C15H22F3NO/c1-3-15(4-2,5-6-20)10-19-9-11-7-12(16)14(18)13(17)8-11/h7-8,19-20H,3-6,9-10H2,1-2H3. The molecule has 0 radical (unpaired) electrons. The SMILES string of the molecule is CCC(CC)(CCO)CNCc1cc(F)c(F)c(F)c1. The smallest absolute Gasteiger partial charge is 0.194 e. The third-order valence-electron chi connectivity index (χ3n) is 4.01. The molecule has 0 unspecified atom stereocenters. The molecule has 20 heavy (non-hydrogen) atoms. The molecule has 0 saturated carbocycles. The Morgan fingerprint density at radius 2 is 1.65 bits per heavy atom. The lowest BCUT2D eigenvalue weighted by atomic mass is 9.79. The largest absolute Gasteiger partial charge is 0.396 e. The molecule has 0 aliphatic rings. The Kier molecular flexibility index (Phi) is 6.49. The minimum atomic E-state index is -1.44. The Morgan fingerprint density at radius 3 is 2.10 bits per heavy atom. The first-order valence-electron chi connectivity index (χ1n) is 6.93. The summed E-state index contributed by atoms with van der Waals surface area (Å²) in [6, 6.07) is 1.99. The lowest BCUT2D eigenvalue weighted by Gasteiger charge is -2.31. The summed E-state index contributed by atoms with van der Waals surface area (Å²) in [5, 5.41) is 12.3. The second-order valence-electron chi connectivity index (χ2n) is 5.16. The van der Waals surface area contributed by atoms with Gasteiger partial charge < -0.3 is 10.4 Å². The molecule has 1 aromatic carbocycles. The van der Waals surface area contributed by atoms with E-state index in [2.05, 4.69) is 19.2 Å². The number of hydrogen-bond acceptors (Lipinski definition) is 2. The summed E-state index contributed by atoms with van der Waals surface area (Å²) in [6.07, 6.45) is 2.49. The van der Waals surface area contributed by atoms with E-state index in [-0.39, 0.29) is 18.6 Å². The number of nitrogens with one attached hydrogen (secondary N) is 1. The van der Waals surface area contributed by atoms with Crippen LogP contribution in [0.5, 0.6) is 0 Å². The van der Waals surface area contributed by atoms with Crippen LogP contribution in [-0.2, 0) is 6.54 Å². The van der Waals surface area contributed by atoms with Crippen LogP contribution in [0.15, 0.2) is 12.1 Å². The Labute approximate surface area is 118 Å². The van der Waals surface area contributed by atoms with Crippen LogP contribution in [-0.4, -0.2) is 18.3 Å². The maximum atomic E-state index is 13.1. The highest BCUT2D eigenvalue weighted by Gasteiger charge is 2.24. The van der Waals surface area contributed by atoms with Crippen molar-refractivity contribution in [3.63, 3.8) is 0 Å². The maximum absolute atomic E-state index is 13.1. The van der Waals surface area contributed by atoms with Gasteiger partial charge in [-0.15, -0.1) is 0 Å². The topological polar surface area (TPSA) is 32.3 Å². The van der Waals surface area contributed by atoms with Gasteiger partial charge in [-0.2, -0.15) is 0 Å². The lowest BCUT2D eigenvalue weighted by molar-refractivity contribution is 0.163. The van der Waals surface area contributed by atoms with Gasteiger partial charge in [0.2, 0.25) is 0 Å². The van der Waals surface area contributed by atoms with E-state index in [9.17, 15) is 13.2 Å². The summed E-state index contributed by atoms with van der Waals surface area (Å²) in [5.41, 5.74) is 0.345. The summed E-state index contributed by atoms with van der Waals surface area (Å²) >= 11 is 0. The fourth-order valence-electron chi connectivity index (χ4n) is 2.36. The van der Waals surface area contributed by atoms with Crippen LogP contribution >= 0.6 is 0 Å². The van der Waals surface area contributed by atoms with Crippen molar-refractivity contribution in [3.05, 3.63) is 35.1 Å².